The number of hydrogen-bond acceptors (Lipinski definition) is 2. The molecule has 1 aromatic rings. The van der Waals surface area contributed by atoms with Crippen LogP contribution in [0.2, 0.25) is 19.6 Å². The van der Waals surface area contributed by atoms with Crippen LogP contribution < -0.4 is 0 Å². The first-order chi connectivity index (χ1) is 7.47. The molecule has 0 aliphatic rings. The number of hydrogen-bond donors (Lipinski definition) is 0. The molecule has 0 atom stereocenters. The monoisotopic (exact) mass is 232 g/mol. The van der Waals surface area contributed by atoms with Crippen LogP contribution in [-0.2, 0) is 16.0 Å². The van der Waals surface area contributed by atoms with Crippen molar-refractivity contribution in [3.8, 4) is 11.7 Å². The van der Waals surface area contributed by atoms with Crippen LogP contribution in [-0.4, -0.2) is 14.0 Å². The molecule has 0 N–H and O–H groups in total. The van der Waals surface area contributed by atoms with Gasteiger partial charge in [-0.1, -0.05) is 55.5 Å². The summed E-state index contributed by atoms with van der Waals surface area (Å²) in [7, 11) is -1.45. The largest absolute Gasteiger partial charge is 0.373 e. The van der Waals surface area contributed by atoms with E-state index in [0.29, 0.717) is 0 Å². The Bertz CT molecular complexity index is 407. The molecular weight excluding hydrogens is 216 g/mol. The van der Waals surface area contributed by atoms with Gasteiger partial charge < -0.3 is 4.74 Å². The standard InChI is InChI=1S/C13H16O2Si/c1-16(2,3)10-9-15-13(14)11-12-7-5-4-6-8-12/h4-8H,11H2,1-3H3. The molecule has 84 valence electrons. The van der Waals surface area contributed by atoms with Crippen molar-refractivity contribution in [3.63, 3.8) is 0 Å². The fraction of sp³-hybridized carbons (Fsp3) is 0.308. The quantitative estimate of drug-likeness (QED) is 0.445. The smallest absolute Gasteiger partial charge is 0.324 e. The van der Waals surface area contributed by atoms with Crippen LogP contribution in [0.4, 0.5) is 0 Å². The molecule has 0 heterocycles. The van der Waals surface area contributed by atoms with Gasteiger partial charge >= 0.3 is 5.97 Å². The summed E-state index contributed by atoms with van der Waals surface area (Å²) in [6, 6.07) is 9.51. The number of benzene rings is 1. The average molecular weight is 232 g/mol. The molecule has 0 aliphatic carbocycles. The molecule has 1 aromatic carbocycles. The molecule has 0 fully saturated rings. The predicted octanol–water partition coefficient (Wildman–Crippen LogP) is 2.61. The zero-order chi connectivity index (χ0) is 12.0. The number of rotatable bonds is 2. The minimum atomic E-state index is -1.45. The molecule has 3 heteroatoms. The van der Waals surface area contributed by atoms with Gasteiger partial charge in [-0.25, -0.2) is 0 Å². The lowest BCUT2D eigenvalue weighted by molar-refractivity contribution is -0.136. The van der Waals surface area contributed by atoms with Gasteiger partial charge in [0.05, 0.1) is 6.42 Å². The lowest BCUT2D eigenvalue weighted by Gasteiger charge is -2.02. The molecule has 0 radical (unpaired) electrons. The van der Waals surface area contributed by atoms with Crippen molar-refractivity contribution in [3.05, 3.63) is 35.9 Å². The third-order valence-electron chi connectivity index (χ3n) is 1.78. The molecule has 0 unspecified atom stereocenters. The summed E-state index contributed by atoms with van der Waals surface area (Å²) in [6.07, 6.45) is 2.79. The van der Waals surface area contributed by atoms with E-state index in [1.165, 1.54) is 0 Å². The van der Waals surface area contributed by atoms with Gasteiger partial charge in [-0.3, -0.25) is 4.79 Å². The Morgan fingerprint density at radius 3 is 2.44 bits per heavy atom. The van der Waals surface area contributed by atoms with Crippen LogP contribution in [0.25, 0.3) is 0 Å². The Morgan fingerprint density at radius 2 is 1.88 bits per heavy atom. The summed E-state index contributed by atoms with van der Waals surface area (Å²) in [6.45, 7) is 6.31. The molecule has 0 bridgehead atoms. The van der Waals surface area contributed by atoms with E-state index in [-0.39, 0.29) is 12.4 Å². The second-order valence-corrected chi connectivity index (χ2v) is 9.36. The van der Waals surface area contributed by atoms with E-state index in [9.17, 15) is 4.79 Å². The van der Waals surface area contributed by atoms with E-state index in [1.54, 1.807) is 0 Å². The lowest BCUT2D eigenvalue weighted by Crippen LogP contribution is -2.17. The minimum Gasteiger partial charge on any atom is -0.373 e. The fourth-order valence-corrected chi connectivity index (χ4v) is 1.39. The van der Waals surface area contributed by atoms with E-state index in [0.717, 1.165) is 5.56 Å². The third-order valence-corrected chi connectivity index (χ3v) is 2.63. The molecular formula is C13H16O2Si. The maximum atomic E-state index is 11.4. The second-order valence-electron chi connectivity index (χ2n) is 4.61. The van der Waals surface area contributed by atoms with E-state index in [1.807, 2.05) is 30.3 Å². The van der Waals surface area contributed by atoms with Gasteiger partial charge in [0.15, 0.2) is 0 Å². The molecule has 0 aliphatic heterocycles. The molecule has 1 rings (SSSR count). The first-order valence-corrected chi connectivity index (χ1v) is 8.73. The molecule has 16 heavy (non-hydrogen) atoms. The van der Waals surface area contributed by atoms with Crippen molar-refractivity contribution in [1.29, 1.82) is 0 Å². The van der Waals surface area contributed by atoms with Crippen LogP contribution in [0.15, 0.2) is 30.3 Å². The molecule has 0 amide bonds. The van der Waals surface area contributed by atoms with Crippen molar-refractivity contribution in [2.24, 2.45) is 0 Å². The van der Waals surface area contributed by atoms with Gasteiger partial charge in [0.2, 0.25) is 0 Å². The first-order valence-electron chi connectivity index (χ1n) is 5.23. The van der Waals surface area contributed by atoms with Gasteiger partial charge in [-0.2, -0.15) is 0 Å². The Morgan fingerprint density at radius 1 is 1.25 bits per heavy atom. The molecule has 2 nitrogen and oxygen atoms in total. The SMILES string of the molecule is C[Si](C)(C)C#COC(=O)Cc1ccccc1. The molecule has 0 saturated heterocycles. The molecule has 0 aromatic heterocycles. The summed E-state index contributed by atoms with van der Waals surface area (Å²) in [5, 5.41) is 0. The molecule has 0 saturated carbocycles. The van der Waals surface area contributed by atoms with Crippen LogP contribution in [0.1, 0.15) is 5.56 Å². The van der Waals surface area contributed by atoms with Gasteiger partial charge in [-0.15, -0.1) is 0 Å². The summed E-state index contributed by atoms with van der Waals surface area (Å²) in [5.41, 5.74) is 3.93. The van der Waals surface area contributed by atoms with Gasteiger partial charge in [-0.05, 0) is 5.56 Å². The number of carbonyl (C=O) groups is 1. The lowest BCUT2D eigenvalue weighted by atomic mass is 10.2. The maximum Gasteiger partial charge on any atom is 0.324 e. The summed E-state index contributed by atoms with van der Waals surface area (Å²) in [4.78, 5) is 11.4. The predicted molar refractivity (Wildman–Crippen MR) is 67.4 cm³/mol. The number of esters is 1. The van der Waals surface area contributed by atoms with E-state index in [4.69, 9.17) is 4.74 Å². The highest BCUT2D eigenvalue weighted by molar-refractivity contribution is 6.83. The van der Waals surface area contributed by atoms with Gasteiger partial charge in [0, 0.05) is 0 Å². The first kappa shape index (κ1) is 12.5. The van der Waals surface area contributed by atoms with Crippen LogP contribution in [0.5, 0.6) is 0 Å². The van der Waals surface area contributed by atoms with Crippen LogP contribution in [0, 0.1) is 11.7 Å². The second kappa shape index (κ2) is 5.52. The van der Waals surface area contributed by atoms with Crippen LogP contribution >= 0.6 is 0 Å². The van der Waals surface area contributed by atoms with Gasteiger partial charge in [0.25, 0.3) is 0 Å². The Hall–Kier alpha value is -1.53. The normalized spacial score (nSPS) is 10.2. The third kappa shape index (κ3) is 5.37. The van der Waals surface area contributed by atoms with E-state index < -0.39 is 8.07 Å². The van der Waals surface area contributed by atoms with Gasteiger partial charge in [0.1, 0.15) is 14.2 Å². The van der Waals surface area contributed by atoms with Crippen molar-refractivity contribution in [2.75, 3.05) is 0 Å². The van der Waals surface area contributed by atoms with Crippen molar-refractivity contribution in [1.82, 2.24) is 0 Å². The van der Waals surface area contributed by atoms with E-state index in [2.05, 4.69) is 31.3 Å². The van der Waals surface area contributed by atoms with Crippen molar-refractivity contribution < 1.29 is 9.53 Å². The Kier molecular flexibility index (Phi) is 4.33. The topological polar surface area (TPSA) is 26.3 Å². The average Bonchev–Trinajstić information content (AvgIpc) is 2.17. The highest BCUT2D eigenvalue weighted by Gasteiger charge is 2.08. The number of carbonyl (C=O) groups excluding carboxylic acids is 1. The zero-order valence-corrected chi connectivity index (χ0v) is 10.9. The maximum absolute atomic E-state index is 11.4. The summed E-state index contributed by atoms with van der Waals surface area (Å²) < 4.78 is 4.86. The number of ether oxygens (including phenoxy) is 1. The Labute approximate surface area is 97.6 Å². The van der Waals surface area contributed by atoms with Crippen molar-refractivity contribution in [2.45, 2.75) is 26.1 Å². The summed E-state index contributed by atoms with van der Waals surface area (Å²) >= 11 is 0. The molecule has 0 spiro atoms. The highest BCUT2D eigenvalue weighted by Crippen LogP contribution is 2.01. The Balaban J connectivity index is 2.46. The van der Waals surface area contributed by atoms with Crippen molar-refractivity contribution >= 4 is 14.0 Å². The zero-order valence-electron chi connectivity index (χ0n) is 9.91. The fourth-order valence-electron chi connectivity index (χ4n) is 1.03. The van der Waals surface area contributed by atoms with Crippen LogP contribution in [0.3, 0.4) is 0 Å². The highest BCUT2D eigenvalue weighted by atomic mass is 28.3. The minimum absolute atomic E-state index is 0.279. The van der Waals surface area contributed by atoms with E-state index >= 15 is 0 Å². The summed E-state index contributed by atoms with van der Waals surface area (Å²) in [5.74, 6) is -0.294.